The number of H-pyrrole nitrogens is 1. The molecule has 2 rings (SSSR count). The molecule has 28 heavy (non-hydrogen) atoms. The Bertz CT molecular complexity index is 657. The number of carboxylic acids is 1. The molecule has 0 aliphatic carbocycles. The molecule has 7 heteroatoms. The highest BCUT2D eigenvalue weighted by atomic mass is 16.5. The van der Waals surface area contributed by atoms with Crippen LogP contribution >= 0.6 is 0 Å². The van der Waals surface area contributed by atoms with Gasteiger partial charge in [-0.15, -0.1) is 0 Å². The lowest BCUT2D eigenvalue weighted by Gasteiger charge is -1.99. The van der Waals surface area contributed by atoms with Crippen LogP contribution in [0.4, 0.5) is 4.79 Å². The Labute approximate surface area is 167 Å². The average molecular weight is 392 g/mol. The van der Waals surface area contributed by atoms with Crippen molar-refractivity contribution in [2.45, 2.75) is 65.9 Å². The normalized spacial score (nSPS) is 9.39. The van der Waals surface area contributed by atoms with Gasteiger partial charge in [-0.3, -0.25) is 4.79 Å². The van der Waals surface area contributed by atoms with Gasteiger partial charge in [-0.25, -0.2) is 9.78 Å². The fraction of sp³-hybridized carbons (Fsp3) is 0.476. The molecule has 2 aromatic rings. The molecule has 0 fully saturated rings. The summed E-state index contributed by atoms with van der Waals surface area (Å²) in [5, 5.41) is 8.44. The van der Waals surface area contributed by atoms with Crippen LogP contribution in [0.5, 0.6) is 0 Å². The van der Waals surface area contributed by atoms with E-state index in [0.29, 0.717) is 6.42 Å². The number of nitrogens with one attached hydrogen (secondary N) is 1. The van der Waals surface area contributed by atoms with Crippen LogP contribution in [0.3, 0.4) is 0 Å². The van der Waals surface area contributed by atoms with Gasteiger partial charge in [-0.1, -0.05) is 57.0 Å². The summed E-state index contributed by atoms with van der Waals surface area (Å²) in [7, 11) is 0. The van der Waals surface area contributed by atoms with E-state index in [1.54, 1.807) is 0 Å². The number of aryl methyl sites for hydroxylation is 2. The van der Waals surface area contributed by atoms with E-state index >= 15 is 0 Å². The van der Waals surface area contributed by atoms with Gasteiger partial charge in [0.1, 0.15) is 12.4 Å². The number of carbonyl (C=O) groups excluding carboxylic acids is 1. The van der Waals surface area contributed by atoms with Crippen molar-refractivity contribution in [1.82, 2.24) is 9.97 Å². The zero-order chi connectivity index (χ0) is 21.2. The highest BCUT2D eigenvalue weighted by molar-refractivity contribution is 5.66. The standard InChI is InChI=1S/C11H18N2O2.C8H9NO2.C2H6/c1-9-8-12-10(13-9)6-4-2-3-5-7-11(14)15;9-8(10)11-6-7-4-2-1-3-5-7;1-2/h8H,2-7H2,1H3,(H,12,13)(H,14,15);1-5H,6H2,(H2,9,10);1-2H3. The summed E-state index contributed by atoms with van der Waals surface area (Å²) in [6.07, 6.45) is 6.27. The highest BCUT2D eigenvalue weighted by Gasteiger charge is 1.99. The molecule has 7 nitrogen and oxygen atoms in total. The van der Waals surface area contributed by atoms with E-state index in [0.717, 1.165) is 49.2 Å². The molecule has 0 saturated carbocycles. The predicted octanol–water partition coefficient (Wildman–Crippen LogP) is 4.60. The Morgan fingerprint density at radius 1 is 1.11 bits per heavy atom. The van der Waals surface area contributed by atoms with Gasteiger partial charge in [0.25, 0.3) is 0 Å². The van der Waals surface area contributed by atoms with Crippen molar-refractivity contribution in [3.05, 3.63) is 53.6 Å². The van der Waals surface area contributed by atoms with Crippen molar-refractivity contribution < 1.29 is 19.4 Å². The van der Waals surface area contributed by atoms with E-state index in [4.69, 9.17) is 10.8 Å². The molecule has 0 spiro atoms. The quantitative estimate of drug-likeness (QED) is 0.540. The summed E-state index contributed by atoms with van der Waals surface area (Å²) in [5.41, 5.74) is 6.81. The van der Waals surface area contributed by atoms with E-state index < -0.39 is 12.1 Å². The number of rotatable bonds is 9. The molecule has 0 bridgehead atoms. The van der Waals surface area contributed by atoms with Gasteiger partial charge in [0.15, 0.2) is 0 Å². The smallest absolute Gasteiger partial charge is 0.404 e. The molecule has 4 N–H and O–H groups in total. The number of carboxylic acid groups (broad SMARTS) is 1. The number of aromatic nitrogens is 2. The molecular weight excluding hydrogens is 358 g/mol. The maximum absolute atomic E-state index is 10.2. The number of imidazole rings is 1. The van der Waals surface area contributed by atoms with Crippen LogP contribution in [0.1, 0.15) is 63.0 Å². The van der Waals surface area contributed by atoms with Crippen LogP contribution in [0, 0.1) is 6.92 Å². The minimum Gasteiger partial charge on any atom is -0.481 e. The highest BCUT2D eigenvalue weighted by Crippen LogP contribution is 2.07. The lowest BCUT2D eigenvalue weighted by molar-refractivity contribution is -0.137. The van der Waals surface area contributed by atoms with Crippen molar-refractivity contribution in [3.63, 3.8) is 0 Å². The Hall–Kier alpha value is -2.83. The van der Waals surface area contributed by atoms with Crippen molar-refractivity contribution in [2.24, 2.45) is 5.73 Å². The maximum atomic E-state index is 10.2. The maximum Gasteiger partial charge on any atom is 0.404 e. The zero-order valence-electron chi connectivity index (χ0n) is 17.1. The molecule has 0 aliphatic heterocycles. The second-order valence-electron chi connectivity index (χ2n) is 5.91. The monoisotopic (exact) mass is 391 g/mol. The summed E-state index contributed by atoms with van der Waals surface area (Å²) in [5.74, 6) is 0.336. The number of hydrogen-bond acceptors (Lipinski definition) is 4. The van der Waals surface area contributed by atoms with E-state index in [2.05, 4.69) is 14.7 Å². The van der Waals surface area contributed by atoms with Crippen LogP contribution in [0.2, 0.25) is 0 Å². The SMILES string of the molecule is CC.Cc1cnc(CCCCCCC(=O)O)[nH]1.NC(=O)OCc1ccccc1. The van der Waals surface area contributed by atoms with Gasteiger partial charge in [0.2, 0.25) is 0 Å². The first-order valence-corrected chi connectivity index (χ1v) is 9.66. The Morgan fingerprint density at radius 2 is 1.75 bits per heavy atom. The first-order valence-electron chi connectivity index (χ1n) is 9.66. The van der Waals surface area contributed by atoms with Gasteiger partial charge < -0.3 is 20.6 Å². The third-order valence-corrected chi connectivity index (χ3v) is 3.53. The second kappa shape index (κ2) is 16.4. The molecule has 0 saturated heterocycles. The average Bonchev–Trinajstić information content (AvgIpc) is 3.11. The number of aliphatic carboxylic acids is 1. The molecule has 0 atom stereocenters. The van der Waals surface area contributed by atoms with E-state index in [1.165, 1.54) is 0 Å². The van der Waals surface area contributed by atoms with Gasteiger partial charge in [-0.05, 0) is 25.3 Å². The van der Waals surface area contributed by atoms with Gasteiger partial charge >= 0.3 is 12.1 Å². The van der Waals surface area contributed by atoms with Crippen molar-refractivity contribution >= 4 is 12.1 Å². The molecule has 1 aromatic carbocycles. The zero-order valence-corrected chi connectivity index (χ0v) is 17.1. The first kappa shape index (κ1) is 25.2. The van der Waals surface area contributed by atoms with Crippen LogP contribution in [-0.4, -0.2) is 27.1 Å². The van der Waals surface area contributed by atoms with Gasteiger partial charge in [0, 0.05) is 24.7 Å². The number of amides is 1. The van der Waals surface area contributed by atoms with E-state index in [9.17, 15) is 9.59 Å². The fourth-order valence-corrected chi connectivity index (χ4v) is 2.24. The topological polar surface area (TPSA) is 118 Å². The minimum atomic E-state index is -0.742. The van der Waals surface area contributed by atoms with Gasteiger partial charge in [-0.2, -0.15) is 0 Å². The third kappa shape index (κ3) is 14.4. The number of benzene rings is 1. The van der Waals surface area contributed by atoms with E-state index in [-0.39, 0.29) is 6.61 Å². The Balaban J connectivity index is 0.000000497. The second-order valence-corrected chi connectivity index (χ2v) is 5.91. The molecule has 0 radical (unpaired) electrons. The van der Waals surface area contributed by atoms with Crippen LogP contribution < -0.4 is 5.73 Å². The number of carbonyl (C=O) groups is 2. The Morgan fingerprint density at radius 3 is 2.29 bits per heavy atom. The molecule has 1 heterocycles. The molecule has 1 aromatic heterocycles. The van der Waals surface area contributed by atoms with Crippen molar-refractivity contribution in [1.29, 1.82) is 0 Å². The van der Waals surface area contributed by atoms with E-state index in [1.807, 2.05) is 57.3 Å². The summed E-state index contributed by atoms with van der Waals surface area (Å²) in [6, 6.07) is 9.37. The lowest BCUT2D eigenvalue weighted by atomic mass is 10.1. The summed E-state index contributed by atoms with van der Waals surface area (Å²) in [4.78, 5) is 27.8. The summed E-state index contributed by atoms with van der Waals surface area (Å²) < 4.78 is 4.57. The van der Waals surface area contributed by atoms with Crippen molar-refractivity contribution in [3.8, 4) is 0 Å². The molecule has 156 valence electrons. The lowest BCUT2D eigenvalue weighted by Crippen LogP contribution is -2.12. The molecule has 0 aliphatic rings. The summed E-state index contributed by atoms with van der Waals surface area (Å²) >= 11 is 0. The number of unbranched alkanes of at least 4 members (excludes halogenated alkanes) is 3. The molecule has 0 unspecified atom stereocenters. The Kier molecular flexibility index (Phi) is 14.7. The largest absolute Gasteiger partial charge is 0.481 e. The number of primary amides is 1. The predicted molar refractivity (Wildman–Crippen MR) is 110 cm³/mol. The summed E-state index contributed by atoms with van der Waals surface area (Å²) in [6.45, 7) is 6.24. The number of nitrogens with zero attached hydrogens (tertiary/aromatic N) is 1. The third-order valence-electron chi connectivity index (χ3n) is 3.53. The van der Waals surface area contributed by atoms with Crippen LogP contribution in [0.15, 0.2) is 36.5 Å². The van der Waals surface area contributed by atoms with Crippen molar-refractivity contribution in [2.75, 3.05) is 0 Å². The number of ether oxygens (including phenoxy) is 1. The fourth-order valence-electron chi connectivity index (χ4n) is 2.24. The molecular formula is C21H33N3O4. The minimum absolute atomic E-state index is 0.246. The number of aromatic amines is 1. The number of hydrogen-bond donors (Lipinski definition) is 3. The first-order chi connectivity index (χ1) is 13.5. The van der Waals surface area contributed by atoms with Gasteiger partial charge in [0.05, 0.1) is 0 Å². The molecule has 1 amide bonds. The van der Waals surface area contributed by atoms with Crippen LogP contribution in [0.25, 0.3) is 0 Å². The number of nitrogens with two attached hydrogens (primary N) is 1. The van der Waals surface area contributed by atoms with Crippen LogP contribution in [-0.2, 0) is 22.6 Å².